The predicted molar refractivity (Wildman–Crippen MR) is 64.8 cm³/mol. The number of carbonyl (C=O) groups is 3. The van der Waals surface area contributed by atoms with Gasteiger partial charge in [0.15, 0.2) is 0 Å². The number of carbonyl (C=O) groups excluding carboxylic acids is 2. The average molecular weight is 260 g/mol. The molecule has 0 radical (unpaired) electrons. The molecule has 19 heavy (non-hydrogen) atoms. The van der Waals surface area contributed by atoms with E-state index in [9.17, 15) is 14.4 Å². The van der Waals surface area contributed by atoms with E-state index in [1.807, 2.05) is 0 Å². The summed E-state index contributed by atoms with van der Waals surface area (Å²) in [7, 11) is 0. The van der Waals surface area contributed by atoms with Gasteiger partial charge < -0.3 is 10.4 Å². The van der Waals surface area contributed by atoms with E-state index in [2.05, 4.69) is 10.6 Å². The van der Waals surface area contributed by atoms with Gasteiger partial charge in [0, 0.05) is 6.42 Å². The van der Waals surface area contributed by atoms with E-state index in [4.69, 9.17) is 5.11 Å². The number of hydrogen-bond donors (Lipinski definition) is 3. The Labute approximate surface area is 108 Å². The molecule has 3 amide bonds. The van der Waals surface area contributed by atoms with Gasteiger partial charge in [-0.05, 0) is 36.1 Å². The fourth-order valence-corrected chi connectivity index (χ4v) is 2.75. The van der Waals surface area contributed by atoms with Crippen LogP contribution in [0.5, 0.6) is 0 Å². The van der Waals surface area contributed by atoms with Crippen LogP contribution in [0.25, 0.3) is 0 Å². The van der Waals surface area contributed by atoms with E-state index in [1.165, 1.54) is 6.07 Å². The maximum absolute atomic E-state index is 11.9. The Morgan fingerprint density at radius 2 is 2.05 bits per heavy atom. The Hall–Kier alpha value is -2.37. The molecule has 1 aliphatic carbocycles. The number of aryl methyl sites for hydroxylation is 1. The molecular weight excluding hydrogens is 248 g/mol. The monoisotopic (exact) mass is 260 g/mol. The van der Waals surface area contributed by atoms with Crippen LogP contribution >= 0.6 is 0 Å². The number of amides is 3. The van der Waals surface area contributed by atoms with Crippen LogP contribution in [0, 0.1) is 0 Å². The topological polar surface area (TPSA) is 95.5 Å². The molecule has 1 aromatic carbocycles. The molecule has 1 aromatic rings. The molecule has 0 aromatic heterocycles. The number of benzene rings is 1. The highest BCUT2D eigenvalue weighted by atomic mass is 16.4. The molecule has 2 aliphatic rings. The molecule has 0 bridgehead atoms. The van der Waals surface area contributed by atoms with Gasteiger partial charge in [0.05, 0.1) is 5.56 Å². The van der Waals surface area contributed by atoms with E-state index >= 15 is 0 Å². The number of carboxylic acids is 1. The second-order valence-corrected chi connectivity index (χ2v) is 4.96. The van der Waals surface area contributed by atoms with Gasteiger partial charge in [-0.1, -0.05) is 6.07 Å². The Kier molecular flexibility index (Phi) is 2.35. The molecule has 1 heterocycles. The molecule has 6 heteroatoms. The lowest BCUT2D eigenvalue weighted by molar-refractivity contribution is -0.124. The lowest BCUT2D eigenvalue weighted by atomic mass is 9.77. The second kappa shape index (κ2) is 3.81. The van der Waals surface area contributed by atoms with Crippen molar-refractivity contribution in [3.05, 3.63) is 34.9 Å². The Morgan fingerprint density at radius 3 is 2.68 bits per heavy atom. The van der Waals surface area contributed by atoms with Crippen LogP contribution in [-0.2, 0) is 17.6 Å². The molecule has 1 fully saturated rings. The van der Waals surface area contributed by atoms with Crippen molar-refractivity contribution in [2.75, 3.05) is 0 Å². The minimum absolute atomic E-state index is 0.245. The molecule has 1 spiro atoms. The standard InChI is InChI=1S/C13H12N2O4/c16-10(17)8-1-2-9-6-13(4-3-7(9)5-8)11(18)14-12(19)15-13/h1-2,5H,3-4,6H2,(H,16,17)(H2,14,15,18,19)/t13-/m0/s1. The molecule has 1 aliphatic heterocycles. The summed E-state index contributed by atoms with van der Waals surface area (Å²) in [6, 6.07) is 4.42. The molecule has 1 saturated heterocycles. The van der Waals surface area contributed by atoms with Crippen molar-refractivity contribution < 1.29 is 19.5 Å². The lowest BCUT2D eigenvalue weighted by Crippen LogP contribution is -2.51. The van der Waals surface area contributed by atoms with Gasteiger partial charge in [-0.3, -0.25) is 10.1 Å². The highest BCUT2D eigenvalue weighted by Gasteiger charge is 2.47. The number of urea groups is 1. The normalized spacial score (nSPS) is 24.8. The number of imide groups is 1. The first-order chi connectivity index (χ1) is 9.00. The van der Waals surface area contributed by atoms with Crippen molar-refractivity contribution >= 4 is 17.9 Å². The van der Waals surface area contributed by atoms with Gasteiger partial charge in [0.1, 0.15) is 5.54 Å². The fraction of sp³-hybridized carbons (Fsp3) is 0.308. The zero-order chi connectivity index (χ0) is 13.6. The minimum Gasteiger partial charge on any atom is -0.478 e. The first-order valence-corrected chi connectivity index (χ1v) is 5.99. The van der Waals surface area contributed by atoms with Gasteiger partial charge in [0.25, 0.3) is 5.91 Å². The molecule has 3 N–H and O–H groups in total. The molecule has 3 rings (SSSR count). The van der Waals surface area contributed by atoms with Gasteiger partial charge in [-0.15, -0.1) is 0 Å². The summed E-state index contributed by atoms with van der Waals surface area (Å²) in [4.78, 5) is 34.0. The van der Waals surface area contributed by atoms with Crippen LogP contribution in [0.15, 0.2) is 18.2 Å². The van der Waals surface area contributed by atoms with E-state index in [0.717, 1.165) is 11.1 Å². The third-order valence-corrected chi connectivity index (χ3v) is 3.78. The van der Waals surface area contributed by atoms with Gasteiger partial charge in [0.2, 0.25) is 0 Å². The molecular formula is C13H12N2O4. The second-order valence-electron chi connectivity index (χ2n) is 4.96. The summed E-state index contributed by atoms with van der Waals surface area (Å²) in [5.74, 6) is -1.26. The van der Waals surface area contributed by atoms with E-state index in [1.54, 1.807) is 12.1 Å². The number of fused-ring (bicyclic) bond motifs is 1. The van der Waals surface area contributed by atoms with Crippen molar-refractivity contribution in [3.63, 3.8) is 0 Å². The number of hydrogen-bond acceptors (Lipinski definition) is 3. The van der Waals surface area contributed by atoms with E-state index in [-0.39, 0.29) is 11.5 Å². The third kappa shape index (κ3) is 1.76. The highest BCUT2D eigenvalue weighted by Crippen LogP contribution is 2.31. The fourth-order valence-electron chi connectivity index (χ4n) is 2.75. The van der Waals surface area contributed by atoms with Gasteiger partial charge in [-0.25, -0.2) is 9.59 Å². The zero-order valence-electron chi connectivity index (χ0n) is 10.0. The average Bonchev–Trinajstić information content (AvgIpc) is 2.63. The van der Waals surface area contributed by atoms with Crippen LogP contribution in [0.3, 0.4) is 0 Å². The number of carboxylic acid groups (broad SMARTS) is 1. The third-order valence-electron chi connectivity index (χ3n) is 3.78. The van der Waals surface area contributed by atoms with Gasteiger partial charge >= 0.3 is 12.0 Å². The first-order valence-electron chi connectivity index (χ1n) is 5.99. The molecule has 1 atom stereocenters. The molecule has 0 saturated carbocycles. The van der Waals surface area contributed by atoms with Crippen LogP contribution in [0.4, 0.5) is 4.79 Å². The van der Waals surface area contributed by atoms with Crippen molar-refractivity contribution in [1.82, 2.24) is 10.6 Å². The minimum atomic E-state index is -0.963. The Balaban J connectivity index is 1.95. The molecule has 98 valence electrons. The maximum Gasteiger partial charge on any atom is 0.335 e. The van der Waals surface area contributed by atoms with Crippen molar-refractivity contribution in [2.45, 2.75) is 24.8 Å². The maximum atomic E-state index is 11.9. The SMILES string of the molecule is O=C1NC(=O)[C@@]2(CCc3cc(C(=O)O)ccc3C2)N1. The molecule has 6 nitrogen and oxygen atoms in total. The quantitative estimate of drug-likeness (QED) is 0.639. The first kappa shape index (κ1) is 11.7. The lowest BCUT2D eigenvalue weighted by Gasteiger charge is -2.31. The molecule has 0 unspecified atom stereocenters. The number of rotatable bonds is 1. The largest absolute Gasteiger partial charge is 0.478 e. The van der Waals surface area contributed by atoms with Crippen LogP contribution in [0.1, 0.15) is 27.9 Å². The Bertz CT molecular complexity index is 611. The summed E-state index contributed by atoms with van der Waals surface area (Å²) < 4.78 is 0. The van der Waals surface area contributed by atoms with E-state index < -0.39 is 17.5 Å². The smallest absolute Gasteiger partial charge is 0.335 e. The number of nitrogens with one attached hydrogen (secondary N) is 2. The van der Waals surface area contributed by atoms with Crippen molar-refractivity contribution in [1.29, 1.82) is 0 Å². The van der Waals surface area contributed by atoms with Crippen LogP contribution in [0.2, 0.25) is 0 Å². The summed E-state index contributed by atoms with van der Waals surface area (Å²) >= 11 is 0. The van der Waals surface area contributed by atoms with Gasteiger partial charge in [-0.2, -0.15) is 0 Å². The summed E-state index contributed by atoms with van der Waals surface area (Å²) in [6.45, 7) is 0. The Morgan fingerprint density at radius 1 is 1.26 bits per heavy atom. The zero-order valence-corrected chi connectivity index (χ0v) is 10.0. The number of aromatic carboxylic acids is 1. The summed E-state index contributed by atoms with van der Waals surface area (Å²) in [6.07, 6.45) is 1.46. The summed E-state index contributed by atoms with van der Waals surface area (Å²) in [5, 5.41) is 13.9. The van der Waals surface area contributed by atoms with E-state index in [0.29, 0.717) is 19.3 Å². The predicted octanol–water partition coefficient (Wildman–Crippen LogP) is 0.452. The summed E-state index contributed by atoms with van der Waals surface area (Å²) in [5.41, 5.74) is 1.22. The van der Waals surface area contributed by atoms with Crippen molar-refractivity contribution in [3.8, 4) is 0 Å². The van der Waals surface area contributed by atoms with Crippen LogP contribution in [-0.4, -0.2) is 28.6 Å². The van der Waals surface area contributed by atoms with Crippen molar-refractivity contribution in [2.24, 2.45) is 0 Å². The van der Waals surface area contributed by atoms with Crippen LogP contribution < -0.4 is 10.6 Å². The highest BCUT2D eigenvalue weighted by molar-refractivity contribution is 6.07.